The van der Waals surface area contributed by atoms with Crippen LogP contribution in [0.3, 0.4) is 0 Å². The number of hydrogen-bond acceptors (Lipinski definition) is 4. The van der Waals surface area contributed by atoms with Crippen LogP contribution in [0, 0.1) is 0 Å². The highest BCUT2D eigenvalue weighted by Crippen LogP contribution is 2.38. The van der Waals surface area contributed by atoms with Gasteiger partial charge in [0.1, 0.15) is 0 Å². The summed E-state index contributed by atoms with van der Waals surface area (Å²) in [5, 5.41) is 6.65. The van der Waals surface area contributed by atoms with Gasteiger partial charge >= 0.3 is 6.03 Å². The zero-order valence-corrected chi connectivity index (χ0v) is 19.5. The van der Waals surface area contributed by atoms with E-state index in [0.29, 0.717) is 11.5 Å². The third kappa shape index (κ3) is 5.31. The second kappa shape index (κ2) is 10.5. The number of nitrogens with zero attached hydrogens (tertiary/aromatic N) is 3. The van der Waals surface area contributed by atoms with E-state index in [1.807, 2.05) is 19.2 Å². The van der Waals surface area contributed by atoms with Gasteiger partial charge in [-0.2, -0.15) is 0 Å². The minimum Gasteiger partial charge on any atom is -0.383 e. The Bertz CT molecular complexity index is 1000. The molecular weight excluding hydrogens is 424 g/mol. The maximum absolute atomic E-state index is 12.5. The molecule has 1 atom stereocenters. The topological polar surface area (TPSA) is 83.4 Å². The van der Waals surface area contributed by atoms with Crippen molar-refractivity contribution in [3.63, 3.8) is 0 Å². The van der Waals surface area contributed by atoms with Crippen LogP contribution in [0.5, 0.6) is 0 Å². The van der Waals surface area contributed by atoms with Gasteiger partial charge < -0.3 is 10.1 Å². The van der Waals surface area contributed by atoms with Crippen LogP contribution < -0.4 is 5.32 Å². The van der Waals surface area contributed by atoms with Crippen molar-refractivity contribution in [3.8, 4) is 0 Å². The van der Waals surface area contributed by atoms with Crippen LogP contribution in [0.15, 0.2) is 44.9 Å². The van der Waals surface area contributed by atoms with Gasteiger partial charge in [-0.3, -0.25) is 4.90 Å². The zero-order chi connectivity index (χ0) is 22.5. The molecule has 0 bridgehead atoms. The summed E-state index contributed by atoms with van der Waals surface area (Å²) in [6.07, 6.45) is 6.32. The van der Waals surface area contributed by atoms with Gasteiger partial charge in [0.05, 0.1) is 11.5 Å². The highest BCUT2D eigenvalue weighted by atomic mass is 32.2. The number of likely N-dealkylation sites (N-methyl/N-ethyl adjacent to an activating group) is 1. The lowest BCUT2D eigenvalue weighted by Gasteiger charge is -2.16. The van der Waals surface area contributed by atoms with Crippen molar-refractivity contribution in [1.82, 2.24) is 4.90 Å². The number of amides is 2. The lowest BCUT2D eigenvalue weighted by Crippen LogP contribution is -2.22. The molecule has 1 N–H and O–H groups in total. The van der Waals surface area contributed by atoms with E-state index in [2.05, 4.69) is 25.9 Å². The molecule has 2 aliphatic rings. The molecule has 2 aliphatic carbocycles. The van der Waals surface area contributed by atoms with E-state index in [0.717, 1.165) is 62.9 Å². The van der Waals surface area contributed by atoms with E-state index in [9.17, 15) is 9.00 Å². The molecule has 0 spiro atoms. The van der Waals surface area contributed by atoms with Gasteiger partial charge in [0.15, 0.2) is 11.0 Å². The minimum atomic E-state index is -1.72. The molecule has 2 aromatic rings. The number of urea groups is 1. The van der Waals surface area contributed by atoms with Crippen molar-refractivity contribution in [2.75, 3.05) is 32.6 Å². The Morgan fingerprint density at radius 1 is 1.09 bits per heavy atom. The van der Waals surface area contributed by atoms with Gasteiger partial charge in [-0.1, -0.05) is 27.8 Å². The van der Waals surface area contributed by atoms with Crippen molar-refractivity contribution >= 4 is 22.7 Å². The summed E-state index contributed by atoms with van der Waals surface area (Å²) in [7, 11) is 1.99. The molecule has 4 rings (SSSR count). The van der Waals surface area contributed by atoms with Crippen molar-refractivity contribution in [3.05, 3.63) is 58.1 Å². The number of benzene rings is 2. The minimum absolute atomic E-state index is 0.520. The molecule has 7 nitrogen and oxygen atoms in total. The Morgan fingerprint density at radius 3 is 2.38 bits per heavy atom. The van der Waals surface area contributed by atoms with Crippen molar-refractivity contribution in [1.29, 1.82) is 0 Å². The molecule has 0 fully saturated rings. The van der Waals surface area contributed by atoms with E-state index >= 15 is 0 Å². The summed E-state index contributed by atoms with van der Waals surface area (Å²) >= 11 is 0. The number of methoxy groups -OCH3 is 1. The maximum atomic E-state index is 12.5. The number of aryl methyl sites for hydroxylation is 2. The van der Waals surface area contributed by atoms with Crippen LogP contribution in [0.25, 0.3) is 0 Å². The van der Waals surface area contributed by atoms with Crippen molar-refractivity contribution < 1.29 is 13.7 Å². The van der Waals surface area contributed by atoms with Crippen LogP contribution in [-0.4, -0.2) is 42.4 Å². The van der Waals surface area contributed by atoms with Gasteiger partial charge in [0.25, 0.3) is 0 Å². The summed E-state index contributed by atoms with van der Waals surface area (Å²) in [4.78, 5) is 15.2. The molecule has 0 aromatic heterocycles. The van der Waals surface area contributed by atoms with E-state index < -0.39 is 17.0 Å². The second-order valence-corrected chi connectivity index (χ2v) is 9.60. The first-order valence-corrected chi connectivity index (χ1v) is 12.2. The largest absolute Gasteiger partial charge is 0.383 e. The molecule has 0 saturated heterocycles. The van der Waals surface area contributed by atoms with Crippen molar-refractivity contribution in [2.24, 2.45) is 9.63 Å². The van der Waals surface area contributed by atoms with E-state index in [1.54, 1.807) is 19.2 Å². The standard InChI is InChI=1S/C24H30N4O3S/c1-28(13-14-31-2)16-17-9-11-20(12-10-17)32(30)27-26-24(29)25-23-21-7-3-5-18(21)15-19-6-4-8-22(19)23/h9-12,15H,3-8,13-14,16H2,1-2H3,(H,25,29)/b27-26+. The smallest absolute Gasteiger partial charge is 0.364 e. The maximum Gasteiger partial charge on any atom is 0.364 e. The Labute approximate surface area is 191 Å². The Hall–Kier alpha value is -2.42. The highest BCUT2D eigenvalue weighted by molar-refractivity contribution is 7.83. The van der Waals surface area contributed by atoms with Crippen LogP contribution >= 0.6 is 0 Å². The number of rotatable bonds is 8. The molecule has 0 heterocycles. The Balaban J connectivity index is 1.38. The molecular formula is C24H30N4O3S. The normalized spacial score (nSPS) is 15.8. The molecule has 170 valence electrons. The second-order valence-electron chi connectivity index (χ2n) is 8.47. The predicted molar refractivity (Wildman–Crippen MR) is 125 cm³/mol. The summed E-state index contributed by atoms with van der Waals surface area (Å²) < 4.78 is 21.4. The third-order valence-electron chi connectivity index (χ3n) is 6.17. The summed E-state index contributed by atoms with van der Waals surface area (Å²) in [5.41, 5.74) is 7.18. The molecule has 2 amide bonds. The number of anilines is 1. The highest BCUT2D eigenvalue weighted by Gasteiger charge is 2.25. The Kier molecular flexibility index (Phi) is 7.44. The Morgan fingerprint density at radius 2 is 1.75 bits per heavy atom. The number of hydrogen-bond donors (Lipinski definition) is 1. The van der Waals surface area contributed by atoms with Gasteiger partial charge in [-0.25, -0.2) is 9.00 Å². The van der Waals surface area contributed by atoms with E-state index in [4.69, 9.17) is 4.74 Å². The number of fused-ring (bicyclic) bond motifs is 2. The fourth-order valence-corrected chi connectivity index (χ4v) is 5.18. The van der Waals surface area contributed by atoms with Crippen LogP contribution in [0.4, 0.5) is 10.5 Å². The van der Waals surface area contributed by atoms with Gasteiger partial charge in [-0.05, 0) is 85.5 Å². The van der Waals surface area contributed by atoms with Gasteiger partial charge in [-0.15, -0.1) is 0 Å². The lowest BCUT2D eigenvalue weighted by atomic mass is 9.99. The fourth-order valence-electron chi connectivity index (χ4n) is 4.57. The van der Waals surface area contributed by atoms with E-state index in [-0.39, 0.29) is 0 Å². The molecule has 0 aliphatic heterocycles. The van der Waals surface area contributed by atoms with Crippen LogP contribution in [-0.2, 0) is 48.0 Å². The molecule has 0 radical (unpaired) electrons. The first-order valence-electron chi connectivity index (χ1n) is 11.1. The molecule has 8 heteroatoms. The molecule has 2 aromatic carbocycles. The SMILES string of the molecule is COCCN(C)Cc1ccc(S(=O)/N=N/C(=O)Nc2c3c(cc4c2CCC4)CCC3)cc1. The molecule has 0 saturated carbocycles. The first kappa shape index (κ1) is 22.8. The number of carbonyl (C=O) groups is 1. The van der Waals surface area contributed by atoms with Crippen molar-refractivity contribution in [2.45, 2.75) is 50.0 Å². The summed E-state index contributed by atoms with van der Waals surface area (Å²) in [6.45, 7) is 2.28. The predicted octanol–water partition coefficient (Wildman–Crippen LogP) is 4.45. The monoisotopic (exact) mass is 454 g/mol. The van der Waals surface area contributed by atoms with Gasteiger partial charge in [0, 0.05) is 25.9 Å². The average molecular weight is 455 g/mol. The third-order valence-corrected chi connectivity index (χ3v) is 7.07. The van der Waals surface area contributed by atoms with Gasteiger partial charge in [0.2, 0.25) is 0 Å². The summed E-state index contributed by atoms with van der Waals surface area (Å²) in [5.74, 6) is 0. The number of ether oxygens (including phenoxy) is 1. The lowest BCUT2D eigenvalue weighted by molar-refractivity contribution is 0.158. The first-order chi connectivity index (χ1) is 15.5. The van der Waals surface area contributed by atoms with E-state index in [1.165, 1.54) is 22.3 Å². The summed E-state index contributed by atoms with van der Waals surface area (Å²) in [6, 6.07) is 9.12. The number of nitrogens with one attached hydrogen (secondary N) is 1. The van der Waals surface area contributed by atoms with Crippen LogP contribution in [0.2, 0.25) is 0 Å². The molecule has 1 unspecified atom stereocenters. The van der Waals surface area contributed by atoms with Crippen LogP contribution in [0.1, 0.15) is 40.7 Å². The fraction of sp³-hybridized carbons (Fsp3) is 0.458. The average Bonchev–Trinajstić information content (AvgIpc) is 3.46. The number of carbonyl (C=O) groups excluding carboxylic acids is 1. The quantitative estimate of drug-likeness (QED) is 0.598. The zero-order valence-electron chi connectivity index (χ0n) is 18.7. The molecule has 32 heavy (non-hydrogen) atoms.